The average molecular weight is 203 g/mol. The van der Waals surface area contributed by atoms with Gasteiger partial charge in [0.05, 0.1) is 11.7 Å². The third-order valence-electron chi connectivity index (χ3n) is 2.80. The Labute approximate surface area is 89.9 Å². The standard InChI is InChI=1S/C12H17N3/c1-9(7-13)5-10-3-4-12-11(6-10)8-14-15(12)2/h3-4,6,8-9H,5,7,13H2,1-2H3. The van der Waals surface area contributed by atoms with Crippen molar-refractivity contribution in [1.82, 2.24) is 9.78 Å². The zero-order chi connectivity index (χ0) is 10.8. The fourth-order valence-electron chi connectivity index (χ4n) is 1.83. The Kier molecular flexibility index (Phi) is 2.73. The second-order valence-corrected chi connectivity index (χ2v) is 4.21. The van der Waals surface area contributed by atoms with Crippen LogP contribution in [0, 0.1) is 5.92 Å². The van der Waals surface area contributed by atoms with Crippen LogP contribution in [0.2, 0.25) is 0 Å². The van der Waals surface area contributed by atoms with Crippen molar-refractivity contribution in [2.45, 2.75) is 13.3 Å². The summed E-state index contributed by atoms with van der Waals surface area (Å²) in [5, 5.41) is 5.44. The molecule has 1 aromatic carbocycles. The number of hydrogen-bond donors (Lipinski definition) is 1. The summed E-state index contributed by atoms with van der Waals surface area (Å²) < 4.78 is 1.89. The van der Waals surface area contributed by atoms with Gasteiger partial charge in [-0.2, -0.15) is 5.10 Å². The molecule has 0 amide bonds. The normalized spacial score (nSPS) is 13.3. The van der Waals surface area contributed by atoms with Gasteiger partial charge >= 0.3 is 0 Å². The van der Waals surface area contributed by atoms with E-state index in [1.807, 2.05) is 17.9 Å². The molecule has 0 aliphatic rings. The van der Waals surface area contributed by atoms with Gasteiger partial charge in [-0.25, -0.2) is 0 Å². The molecular weight excluding hydrogens is 186 g/mol. The van der Waals surface area contributed by atoms with E-state index in [2.05, 4.69) is 30.2 Å². The highest BCUT2D eigenvalue weighted by molar-refractivity contribution is 5.79. The number of aryl methyl sites for hydroxylation is 1. The summed E-state index contributed by atoms with van der Waals surface area (Å²) in [5.74, 6) is 0.541. The zero-order valence-corrected chi connectivity index (χ0v) is 9.27. The second-order valence-electron chi connectivity index (χ2n) is 4.21. The highest BCUT2D eigenvalue weighted by atomic mass is 15.2. The molecule has 0 spiro atoms. The first-order valence-electron chi connectivity index (χ1n) is 5.31. The smallest absolute Gasteiger partial charge is 0.0679 e. The quantitative estimate of drug-likeness (QED) is 0.825. The van der Waals surface area contributed by atoms with Gasteiger partial charge in [0.1, 0.15) is 0 Å². The van der Waals surface area contributed by atoms with Crippen molar-refractivity contribution in [3.63, 3.8) is 0 Å². The summed E-state index contributed by atoms with van der Waals surface area (Å²) in [6.45, 7) is 2.92. The predicted octanol–water partition coefficient (Wildman–Crippen LogP) is 1.71. The molecule has 2 aromatic rings. The highest BCUT2D eigenvalue weighted by Crippen LogP contribution is 2.16. The number of benzene rings is 1. The number of nitrogens with zero attached hydrogens (tertiary/aromatic N) is 2. The Morgan fingerprint density at radius 3 is 3.00 bits per heavy atom. The molecule has 1 unspecified atom stereocenters. The van der Waals surface area contributed by atoms with Crippen molar-refractivity contribution >= 4 is 10.9 Å². The van der Waals surface area contributed by atoms with Crippen LogP contribution in [0.15, 0.2) is 24.4 Å². The molecule has 1 heterocycles. The summed E-state index contributed by atoms with van der Waals surface area (Å²) in [6.07, 6.45) is 2.95. The maximum absolute atomic E-state index is 5.62. The van der Waals surface area contributed by atoms with E-state index in [0.717, 1.165) is 13.0 Å². The Morgan fingerprint density at radius 2 is 2.27 bits per heavy atom. The molecule has 2 N–H and O–H groups in total. The maximum atomic E-state index is 5.62. The van der Waals surface area contributed by atoms with Crippen molar-refractivity contribution in [1.29, 1.82) is 0 Å². The van der Waals surface area contributed by atoms with E-state index in [-0.39, 0.29) is 0 Å². The van der Waals surface area contributed by atoms with E-state index in [1.165, 1.54) is 16.5 Å². The van der Waals surface area contributed by atoms with Gasteiger partial charge in [0.25, 0.3) is 0 Å². The summed E-state index contributed by atoms with van der Waals surface area (Å²) in [6, 6.07) is 6.49. The number of nitrogens with two attached hydrogens (primary N) is 1. The molecule has 0 radical (unpaired) electrons. The van der Waals surface area contributed by atoms with Crippen LogP contribution >= 0.6 is 0 Å². The van der Waals surface area contributed by atoms with Crippen LogP contribution in [0.3, 0.4) is 0 Å². The molecule has 0 saturated carbocycles. The van der Waals surface area contributed by atoms with Crippen LogP contribution in [-0.4, -0.2) is 16.3 Å². The largest absolute Gasteiger partial charge is 0.330 e. The molecule has 1 atom stereocenters. The first kappa shape index (κ1) is 10.2. The third-order valence-corrected chi connectivity index (χ3v) is 2.80. The fraction of sp³-hybridized carbons (Fsp3) is 0.417. The van der Waals surface area contributed by atoms with E-state index in [0.29, 0.717) is 5.92 Å². The molecule has 1 aromatic heterocycles. The number of hydrogen-bond acceptors (Lipinski definition) is 2. The Bertz CT molecular complexity index is 459. The maximum Gasteiger partial charge on any atom is 0.0679 e. The lowest BCUT2D eigenvalue weighted by atomic mass is 10.0. The summed E-state index contributed by atoms with van der Waals surface area (Å²) in [4.78, 5) is 0. The van der Waals surface area contributed by atoms with Crippen LogP contribution in [0.4, 0.5) is 0 Å². The van der Waals surface area contributed by atoms with Crippen LogP contribution in [0.25, 0.3) is 10.9 Å². The molecule has 15 heavy (non-hydrogen) atoms. The van der Waals surface area contributed by atoms with Crippen molar-refractivity contribution in [3.8, 4) is 0 Å². The molecule has 3 nitrogen and oxygen atoms in total. The number of aromatic nitrogens is 2. The fourth-order valence-corrected chi connectivity index (χ4v) is 1.83. The lowest BCUT2D eigenvalue weighted by Gasteiger charge is -2.08. The number of rotatable bonds is 3. The topological polar surface area (TPSA) is 43.8 Å². The zero-order valence-electron chi connectivity index (χ0n) is 9.27. The molecule has 3 heteroatoms. The Morgan fingerprint density at radius 1 is 1.47 bits per heavy atom. The molecule has 2 rings (SSSR count). The van der Waals surface area contributed by atoms with E-state index >= 15 is 0 Å². The van der Waals surface area contributed by atoms with Crippen LogP contribution in [-0.2, 0) is 13.5 Å². The highest BCUT2D eigenvalue weighted by Gasteiger charge is 2.04. The van der Waals surface area contributed by atoms with Crippen molar-refractivity contribution in [2.24, 2.45) is 18.7 Å². The Balaban J connectivity index is 2.31. The molecule has 80 valence electrons. The van der Waals surface area contributed by atoms with Gasteiger partial charge in [-0.3, -0.25) is 4.68 Å². The van der Waals surface area contributed by atoms with Gasteiger partial charge in [-0.1, -0.05) is 13.0 Å². The van der Waals surface area contributed by atoms with E-state index in [9.17, 15) is 0 Å². The SMILES string of the molecule is CC(CN)Cc1ccc2c(cnn2C)c1. The lowest BCUT2D eigenvalue weighted by molar-refractivity contribution is 0.593. The van der Waals surface area contributed by atoms with Gasteiger partial charge in [-0.15, -0.1) is 0 Å². The van der Waals surface area contributed by atoms with E-state index in [1.54, 1.807) is 0 Å². The minimum Gasteiger partial charge on any atom is -0.330 e. The minimum absolute atomic E-state index is 0.541. The van der Waals surface area contributed by atoms with Gasteiger partial charge in [-0.05, 0) is 36.6 Å². The molecule has 0 aliphatic heterocycles. The van der Waals surface area contributed by atoms with Gasteiger partial charge in [0.15, 0.2) is 0 Å². The molecule has 0 saturated heterocycles. The van der Waals surface area contributed by atoms with E-state index < -0.39 is 0 Å². The third kappa shape index (κ3) is 2.02. The second kappa shape index (κ2) is 4.03. The predicted molar refractivity (Wildman–Crippen MR) is 62.6 cm³/mol. The molecule has 0 aliphatic carbocycles. The Hall–Kier alpha value is -1.35. The molecule has 0 fully saturated rings. The van der Waals surface area contributed by atoms with Crippen LogP contribution in [0.1, 0.15) is 12.5 Å². The molecule has 0 bridgehead atoms. The van der Waals surface area contributed by atoms with Crippen molar-refractivity contribution in [3.05, 3.63) is 30.0 Å². The summed E-state index contributed by atoms with van der Waals surface area (Å²) >= 11 is 0. The van der Waals surface area contributed by atoms with Gasteiger partial charge in [0, 0.05) is 12.4 Å². The summed E-state index contributed by atoms with van der Waals surface area (Å²) in [5.41, 5.74) is 8.14. The van der Waals surface area contributed by atoms with E-state index in [4.69, 9.17) is 5.73 Å². The van der Waals surface area contributed by atoms with Crippen molar-refractivity contribution in [2.75, 3.05) is 6.54 Å². The van der Waals surface area contributed by atoms with Crippen LogP contribution in [0.5, 0.6) is 0 Å². The van der Waals surface area contributed by atoms with Gasteiger partial charge in [0.2, 0.25) is 0 Å². The number of fused-ring (bicyclic) bond motifs is 1. The average Bonchev–Trinajstić information content (AvgIpc) is 2.60. The first-order chi connectivity index (χ1) is 7.20. The molecular formula is C12H17N3. The monoisotopic (exact) mass is 203 g/mol. The van der Waals surface area contributed by atoms with Crippen molar-refractivity contribution < 1.29 is 0 Å². The first-order valence-corrected chi connectivity index (χ1v) is 5.31. The summed E-state index contributed by atoms with van der Waals surface area (Å²) in [7, 11) is 1.96. The lowest BCUT2D eigenvalue weighted by Crippen LogP contribution is -2.12. The van der Waals surface area contributed by atoms with Crippen LogP contribution < -0.4 is 5.73 Å². The minimum atomic E-state index is 0.541. The van der Waals surface area contributed by atoms with Gasteiger partial charge < -0.3 is 5.73 Å².